The van der Waals surface area contributed by atoms with Crippen LogP contribution in [0.5, 0.6) is 0 Å². The van der Waals surface area contributed by atoms with E-state index in [1.807, 2.05) is 26.0 Å². The van der Waals surface area contributed by atoms with Crippen LogP contribution in [0.2, 0.25) is 39.3 Å². The molecule has 0 aliphatic heterocycles. The summed E-state index contributed by atoms with van der Waals surface area (Å²) >= 11 is 0. The van der Waals surface area contributed by atoms with Crippen LogP contribution >= 0.6 is 0 Å². The summed E-state index contributed by atoms with van der Waals surface area (Å²) < 4.78 is 12.3. The third-order valence-corrected chi connectivity index (χ3v) is 8.35. The number of rotatable bonds is 8. The molecule has 0 N–H and O–H groups in total. The van der Waals surface area contributed by atoms with Crippen molar-refractivity contribution in [2.75, 3.05) is 0 Å². The van der Waals surface area contributed by atoms with Crippen LogP contribution in [0.25, 0.3) is 0 Å². The highest BCUT2D eigenvalue weighted by atomic mass is 28.4. The SMILES string of the molecule is CC(C)(O[Si](C)(C)C)C(=O)c1ccc2c(c1)CCc1ccc(C(=O)C(C)(C)O[Si](C)(C)C)cc1C2=O. The molecule has 3 rings (SSSR count). The summed E-state index contributed by atoms with van der Waals surface area (Å²) in [7, 11) is -3.88. The van der Waals surface area contributed by atoms with Gasteiger partial charge in [0.1, 0.15) is 11.2 Å². The van der Waals surface area contributed by atoms with Crippen molar-refractivity contribution in [2.24, 2.45) is 0 Å². The predicted molar refractivity (Wildman–Crippen MR) is 149 cm³/mol. The van der Waals surface area contributed by atoms with E-state index in [0.29, 0.717) is 35.1 Å². The van der Waals surface area contributed by atoms with E-state index in [2.05, 4.69) is 39.3 Å². The van der Waals surface area contributed by atoms with Crippen molar-refractivity contribution in [2.45, 2.75) is 91.0 Å². The maximum atomic E-state index is 13.6. The molecule has 0 radical (unpaired) electrons. The molecule has 1 aliphatic carbocycles. The summed E-state index contributed by atoms with van der Waals surface area (Å²) in [5.74, 6) is -0.331. The van der Waals surface area contributed by atoms with Crippen molar-refractivity contribution in [3.05, 3.63) is 69.8 Å². The third-order valence-electron chi connectivity index (χ3n) is 6.11. The van der Waals surface area contributed by atoms with Gasteiger partial charge in [-0.05, 0) is 103 Å². The van der Waals surface area contributed by atoms with Crippen LogP contribution in [0.3, 0.4) is 0 Å². The van der Waals surface area contributed by atoms with Crippen LogP contribution in [-0.2, 0) is 21.7 Å². The van der Waals surface area contributed by atoms with Crippen LogP contribution < -0.4 is 0 Å². The fraction of sp³-hybridized carbons (Fsp3) is 0.483. The second-order valence-electron chi connectivity index (χ2n) is 12.7. The number of ketones is 3. The molecule has 5 nitrogen and oxygen atoms in total. The van der Waals surface area contributed by atoms with Gasteiger partial charge in [-0.1, -0.05) is 24.3 Å². The third kappa shape index (κ3) is 6.37. The fourth-order valence-electron chi connectivity index (χ4n) is 5.04. The maximum Gasteiger partial charge on any atom is 0.193 e. The molecule has 0 fully saturated rings. The molecule has 0 spiro atoms. The number of carbonyl (C=O) groups is 3. The molecule has 0 saturated heterocycles. The van der Waals surface area contributed by atoms with Gasteiger partial charge in [0.25, 0.3) is 0 Å². The van der Waals surface area contributed by atoms with Crippen molar-refractivity contribution in [1.29, 1.82) is 0 Å². The molecule has 0 atom stereocenters. The first-order chi connectivity index (χ1) is 16.3. The zero-order valence-corrected chi connectivity index (χ0v) is 25.4. The first-order valence-electron chi connectivity index (χ1n) is 12.6. The van der Waals surface area contributed by atoms with E-state index in [-0.39, 0.29) is 17.3 Å². The Morgan fingerprint density at radius 3 is 1.61 bits per heavy atom. The number of hydrogen-bond acceptors (Lipinski definition) is 5. The summed E-state index contributed by atoms with van der Waals surface area (Å²) in [6.45, 7) is 19.6. The zero-order chi connectivity index (χ0) is 27.3. The van der Waals surface area contributed by atoms with E-state index < -0.39 is 27.8 Å². The average Bonchev–Trinajstić information content (AvgIpc) is 2.85. The quantitative estimate of drug-likeness (QED) is 0.286. The van der Waals surface area contributed by atoms with Gasteiger partial charge in [-0.25, -0.2) is 0 Å². The van der Waals surface area contributed by atoms with Crippen LogP contribution in [0.4, 0.5) is 0 Å². The Labute approximate surface area is 217 Å². The molecule has 0 unspecified atom stereocenters. The normalized spacial score (nSPS) is 14.7. The Hall–Kier alpha value is -2.20. The Balaban J connectivity index is 1.95. The largest absolute Gasteiger partial charge is 0.405 e. The average molecular weight is 525 g/mol. The minimum atomic E-state index is -1.95. The lowest BCUT2D eigenvalue weighted by molar-refractivity contribution is 0.0556. The van der Waals surface area contributed by atoms with Crippen molar-refractivity contribution >= 4 is 34.0 Å². The highest BCUT2D eigenvalue weighted by Gasteiger charge is 2.37. The topological polar surface area (TPSA) is 69.7 Å². The Morgan fingerprint density at radius 2 is 1.11 bits per heavy atom. The Bertz CT molecular complexity index is 1210. The van der Waals surface area contributed by atoms with Gasteiger partial charge in [-0.15, -0.1) is 0 Å². The van der Waals surface area contributed by atoms with Crippen LogP contribution in [0, 0.1) is 0 Å². The number of carbonyl (C=O) groups excluding carboxylic acids is 3. The van der Waals surface area contributed by atoms with E-state index in [9.17, 15) is 14.4 Å². The van der Waals surface area contributed by atoms with E-state index in [0.717, 1.165) is 11.1 Å². The number of benzene rings is 2. The van der Waals surface area contributed by atoms with E-state index in [1.165, 1.54) is 0 Å². The van der Waals surface area contributed by atoms with E-state index in [4.69, 9.17) is 8.85 Å². The Morgan fingerprint density at radius 1 is 0.667 bits per heavy atom. The Kier molecular flexibility index (Phi) is 7.56. The van der Waals surface area contributed by atoms with Gasteiger partial charge in [0.05, 0.1) is 0 Å². The second-order valence-corrected chi connectivity index (χ2v) is 21.5. The summed E-state index contributed by atoms with van der Waals surface area (Å²) in [5.41, 5.74) is 2.01. The van der Waals surface area contributed by atoms with Gasteiger partial charge in [-0.3, -0.25) is 14.4 Å². The lowest BCUT2D eigenvalue weighted by Gasteiger charge is -2.32. The van der Waals surface area contributed by atoms with Gasteiger partial charge in [0.15, 0.2) is 34.0 Å². The summed E-state index contributed by atoms with van der Waals surface area (Å²) in [6.07, 6.45) is 1.30. The first-order valence-corrected chi connectivity index (χ1v) is 19.4. The van der Waals surface area contributed by atoms with E-state index in [1.54, 1.807) is 38.1 Å². The van der Waals surface area contributed by atoms with Crippen LogP contribution in [0.15, 0.2) is 36.4 Å². The highest BCUT2D eigenvalue weighted by Crippen LogP contribution is 2.30. The van der Waals surface area contributed by atoms with Crippen molar-refractivity contribution in [1.82, 2.24) is 0 Å². The monoisotopic (exact) mass is 524 g/mol. The molecular formula is C29H40O5Si2. The minimum Gasteiger partial charge on any atom is -0.405 e. The smallest absolute Gasteiger partial charge is 0.193 e. The number of hydrogen-bond donors (Lipinski definition) is 0. The van der Waals surface area contributed by atoms with Gasteiger partial charge >= 0.3 is 0 Å². The lowest BCUT2D eigenvalue weighted by atomic mass is 9.90. The van der Waals surface area contributed by atoms with Crippen LogP contribution in [-0.4, -0.2) is 45.2 Å². The summed E-state index contributed by atoms with van der Waals surface area (Å²) in [6, 6.07) is 10.7. The maximum absolute atomic E-state index is 13.6. The van der Waals surface area contributed by atoms with Gasteiger partial charge < -0.3 is 8.85 Å². The van der Waals surface area contributed by atoms with Crippen molar-refractivity contribution < 1.29 is 23.2 Å². The molecule has 1 aliphatic rings. The van der Waals surface area contributed by atoms with Crippen molar-refractivity contribution in [3.63, 3.8) is 0 Å². The first kappa shape index (κ1) is 28.4. The number of aryl methyl sites for hydroxylation is 2. The number of fused-ring (bicyclic) bond motifs is 2. The van der Waals surface area contributed by atoms with E-state index >= 15 is 0 Å². The number of Topliss-reactive ketones (excluding diaryl/α,β-unsaturated/α-hetero) is 2. The highest BCUT2D eigenvalue weighted by molar-refractivity contribution is 6.70. The molecule has 2 aromatic carbocycles. The van der Waals surface area contributed by atoms with Gasteiger partial charge in [0, 0.05) is 22.3 Å². The molecule has 36 heavy (non-hydrogen) atoms. The molecule has 0 heterocycles. The predicted octanol–water partition coefficient (Wildman–Crippen LogP) is 6.64. The second kappa shape index (κ2) is 9.60. The molecule has 2 aromatic rings. The molecule has 194 valence electrons. The molecule has 0 aromatic heterocycles. The molecule has 0 saturated carbocycles. The van der Waals surface area contributed by atoms with Crippen LogP contribution in [0.1, 0.15) is 75.5 Å². The summed E-state index contributed by atoms with van der Waals surface area (Å²) in [4.78, 5) is 40.2. The van der Waals surface area contributed by atoms with Gasteiger partial charge in [0.2, 0.25) is 0 Å². The minimum absolute atomic E-state index is 0.0838. The molecule has 0 amide bonds. The lowest BCUT2D eigenvalue weighted by Crippen LogP contribution is -2.44. The van der Waals surface area contributed by atoms with Crippen molar-refractivity contribution in [3.8, 4) is 0 Å². The standard InChI is InChI=1S/C29H40O5Si2/c1-28(2,33-35(5,6)7)26(31)21-15-16-23-20(17-21)13-11-19-12-14-22(18-24(19)25(23)30)27(32)29(3,4)34-36(8,9)10/h12,14-18H,11,13H2,1-10H3. The summed E-state index contributed by atoms with van der Waals surface area (Å²) in [5, 5.41) is 0. The molecule has 7 heteroatoms. The van der Waals surface area contributed by atoms with Gasteiger partial charge in [-0.2, -0.15) is 0 Å². The molecule has 0 bridgehead atoms. The molecular weight excluding hydrogens is 484 g/mol. The fourth-order valence-corrected chi connectivity index (χ4v) is 8.29. The zero-order valence-electron chi connectivity index (χ0n) is 23.4.